The fourth-order valence-electron chi connectivity index (χ4n) is 3.43. The van der Waals surface area contributed by atoms with E-state index in [2.05, 4.69) is 19.9 Å². The first-order valence-electron chi connectivity index (χ1n) is 7.04. The Balaban J connectivity index is 2.22. The van der Waals surface area contributed by atoms with Crippen LogP contribution in [-0.4, -0.2) is 24.4 Å². The van der Waals surface area contributed by atoms with Gasteiger partial charge in [-0.25, -0.2) is 4.39 Å². The van der Waals surface area contributed by atoms with Crippen molar-refractivity contribution < 1.29 is 9.18 Å². The van der Waals surface area contributed by atoms with Crippen LogP contribution in [0, 0.1) is 5.82 Å². The van der Waals surface area contributed by atoms with Crippen LogP contribution >= 0.6 is 0 Å². The lowest BCUT2D eigenvalue weighted by Gasteiger charge is -2.49. The number of benzene rings is 1. The molecule has 0 aromatic heterocycles. The summed E-state index contributed by atoms with van der Waals surface area (Å²) in [6, 6.07) is 3.61. The molecule has 0 saturated heterocycles. The fraction of sp³-hybridized carbons (Fsp3) is 0.562. The van der Waals surface area contributed by atoms with E-state index in [-0.39, 0.29) is 23.1 Å². The molecule has 102 valence electrons. The van der Waals surface area contributed by atoms with E-state index in [4.69, 9.17) is 0 Å². The van der Waals surface area contributed by atoms with E-state index >= 15 is 0 Å². The van der Waals surface area contributed by atoms with Crippen LogP contribution in [0.4, 0.5) is 4.39 Å². The zero-order valence-corrected chi connectivity index (χ0v) is 11.8. The highest BCUT2D eigenvalue weighted by molar-refractivity contribution is 5.97. The summed E-state index contributed by atoms with van der Waals surface area (Å²) in [6.07, 6.45) is 3.31. The largest absolute Gasteiger partial charge is 0.341 e. The van der Waals surface area contributed by atoms with Crippen molar-refractivity contribution in [1.29, 1.82) is 0 Å². The number of fused-ring (bicyclic) bond motifs is 2. The maximum Gasteiger partial charge on any atom is 0.256 e. The first-order chi connectivity index (χ1) is 8.94. The predicted molar refractivity (Wildman–Crippen MR) is 73.0 cm³/mol. The monoisotopic (exact) mass is 261 g/mol. The molecule has 1 spiro atoms. The molecule has 3 rings (SSSR count). The first-order valence-corrected chi connectivity index (χ1v) is 7.04. The Morgan fingerprint density at radius 3 is 2.53 bits per heavy atom. The van der Waals surface area contributed by atoms with Gasteiger partial charge >= 0.3 is 0 Å². The minimum absolute atomic E-state index is 0.0176. The van der Waals surface area contributed by atoms with Gasteiger partial charge in [0.05, 0.1) is 5.56 Å². The third-order valence-corrected chi connectivity index (χ3v) is 4.76. The lowest BCUT2D eigenvalue weighted by atomic mass is 9.61. The molecule has 1 amide bonds. The van der Waals surface area contributed by atoms with Gasteiger partial charge in [0.15, 0.2) is 0 Å². The fourth-order valence-corrected chi connectivity index (χ4v) is 3.43. The van der Waals surface area contributed by atoms with Crippen molar-refractivity contribution in [3.8, 4) is 0 Å². The van der Waals surface area contributed by atoms with Gasteiger partial charge in [0, 0.05) is 19.0 Å². The van der Waals surface area contributed by atoms with Crippen molar-refractivity contribution in [2.75, 3.05) is 13.6 Å². The summed E-state index contributed by atoms with van der Waals surface area (Å²) < 4.78 is 14.4. The molecule has 1 fully saturated rings. The number of halogens is 1. The van der Waals surface area contributed by atoms with Crippen LogP contribution in [0.3, 0.4) is 0 Å². The summed E-state index contributed by atoms with van der Waals surface area (Å²) in [7, 11) is 1.78. The van der Waals surface area contributed by atoms with Crippen molar-refractivity contribution in [2.45, 2.75) is 44.4 Å². The van der Waals surface area contributed by atoms with E-state index in [1.807, 2.05) is 0 Å². The van der Waals surface area contributed by atoms with Gasteiger partial charge < -0.3 is 4.90 Å². The molecule has 19 heavy (non-hydrogen) atoms. The number of amides is 1. The summed E-state index contributed by atoms with van der Waals surface area (Å²) >= 11 is 0. The van der Waals surface area contributed by atoms with Crippen molar-refractivity contribution in [3.63, 3.8) is 0 Å². The van der Waals surface area contributed by atoms with Crippen LogP contribution in [0.15, 0.2) is 12.1 Å². The highest BCUT2D eigenvalue weighted by atomic mass is 19.1. The van der Waals surface area contributed by atoms with Gasteiger partial charge in [0.25, 0.3) is 5.91 Å². The molecule has 0 bridgehead atoms. The number of carbonyl (C=O) groups is 1. The minimum atomic E-state index is -0.343. The van der Waals surface area contributed by atoms with Crippen LogP contribution in [0.25, 0.3) is 0 Å². The van der Waals surface area contributed by atoms with E-state index in [1.165, 1.54) is 12.5 Å². The van der Waals surface area contributed by atoms with Gasteiger partial charge in [0.1, 0.15) is 5.82 Å². The second-order valence-corrected chi connectivity index (χ2v) is 6.38. The molecule has 1 saturated carbocycles. The molecule has 3 heteroatoms. The number of hydrogen-bond acceptors (Lipinski definition) is 1. The molecule has 0 N–H and O–H groups in total. The topological polar surface area (TPSA) is 20.3 Å². The van der Waals surface area contributed by atoms with E-state index < -0.39 is 0 Å². The molecule has 0 atom stereocenters. The van der Waals surface area contributed by atoms with E-state index in [9.17, 15) is 9.18 Å². The molecule has 1 aromatic carbocycles. The summed E-state index contributed by atoms with van der Waals surface area (Å²) in [5.41, 5.74) is 2.30. The highest BCUT2D eigenvalue weighted by Gasteiger charge is 2.47. The van der Waals surface area contributed by atoms with Crippen molar-refractivity contribution in [1.82, 2.24) is 4.90 Å². The van der Waals surface area contributed by atoms with Crippen LogP contribution < -0.4 is 0 Å². The highest BCUT2D eigenvalue weighted by Crippen LogP contribution is 2.49. The molecule has 0 radical (unpaired) electrons. The van der Waals surface area contributed by atoms with Crippen molar-refractivity contribution >= 4 is 5.91 Å². The Bertz CT molecular complexity index is 546. The summed E-state index contributed by atoms with van der Waals surface area (Å²) in [5, 5.41) is 0. The van der Waals surface area contributed by atoms with Gasteiger partial charge in [-0.15, -0.1) is 0 Å². The lowest BCUT2D eigenvalue weighted by molar-refractivity contribution is 0.0643. The molecular weight excluding hydrogens is 241 g/mol. The minimum Gasteiger partial charge on any atom is -0.341 e. The third-order valence-electron chi connectivity index (χ3n) is 4.76. The van der Waals surface area contributed by atoms with Crippen LogP contribution in [-0.2, 0) is 5.41 Å². The molecule has 1 aromatic rings. The number of rotatable bonds is 1. The SMILES string of the molecule is CC(C)c1cc(F)c2c(c1)C1(CCC1)CN(C)C2=O. The Hall–Kier alpha value is -1.38. The van der Waals surface area contributed by atoms with E-state index in [0.29, 0.717) is 5.56 Å². The average molecular weight is 261 g/mol. The van der Waals surface area contributed by atoms with Crippen LogP contribution in [0.1, 0.15) is 60.5 Å². The summed E-state index contributed by atoms with van der Waals surface area (Å²) in [5.74, 6) is -0.226. The predicted octanol–water partition coefficient (Wildman–Crippen LogP) is 3.46. The Morgan fingerprint density at radius 2 is 2.00 bits per heavy atom. The smallest absolute Gasteiger partial charge is 0.256 e. The van der Waals surface area contributed by atoms with Gasteiger partial charge in [-0.2, -0.15) is 0 Å². The molecular formula is C16H20FNO. The van der Waals surface area contributed by atoms with E-state index in [0.717, 1.165) is 30.5 Å². The summed E-state index contributed by atoms with van der Waals surface area (Å²) in [4.78, 5) is 13.9. The maximum atomic E-state index is 14.4. The number of hydrogen-bond donors (Lipinski definition) is 0. The Labute approximate surface area is 113 Å². The van der Waals surface area contributed by atoms with Gasteiger partial charge in [-0.05, 0) is 36.0 Å². The molecule has 0 unspecified atom stereocenters. The Morgan fingerprint density at radius 1 is 1.32 bits per heavy atom. The van der Waals surface area contributed by atoms with Gasteiger partial charge in [0.2, 0.25) is 0 Å². The maximum absolute atomic E-state index is 14.4. The Kier molecular flexibility index (Phi) is 2.70. The average Bonchev–Trinajstić information content (AvgIpc) is 2.30. The first kappa shape index (κ1) is 12.6. The number of carbonyl (C=O) groups excluding carboxylic acids is 1. The molecule has 2 nitrogen and oxygen atoms in total. The quantitative estimate of drug-likeness (QED) is 0.758. The second kappa shape index (κ2) is 4.06. The number of likely N-dealkylation sites (N-methyl/N-ethyl adjacent to an activating group) is 1. The van der Waals surface area contributed by atoms with Gasteiger partial charge in [-0.3, -0.25) is 4.79 Å². The molecule has 1 aliphatic heterocycles. The van der Waals surface area contributed by atoms with Crippen LogP contribution in [0.5, 0.6) is 0 Å². The molecule has 1 heterocycles. The summed E-state index contributed by atoms with van der Waals surface area (Å²) in [6.45, 7) is 4.86. The van der Waals surface area contributed by atoms with E-state index in [1.54, 1.807) is 11.9 Å². The third kappa shape index (κ3) is 1.71. The van der Waals surface area contributed by atoms with Crippen molar-refractivity contribution in [2.24, 2.45) is 0 Å². The molecule has 2 aliphatic rings. The number of nitrogens with zero attached hydrogens (tertiary/aromatic N) is 1. The standard InChI is InChI=1S/C16H20FNO/c1-10(2)11-7-12-14(13(17)8-11)15(19)18(3)9-16(12)5-4-6-16/h7-8,10H,4-6,9H2,1-3H3. The van der Waals surface area contributed by atoms with Crippen LogP contribution in [0.2, 0.25) is 0 Å². The second-order valence-electron chi connectivity index (χ2n) is 6.38. The lowest BCUT2D eigenvalue weighted by Crippen LogP contribution is -2.51. The zero-order valence-electron chi connectivity index (χ0n) is 11.8. The normalized spacial score (nSPS) is 20.7. The van der Waals surface area contributed by atoms with Gasteiger partial charge in [-0.1, -0.05) is 26.3 Å². The molecule has 1 aliphatic carbocycles. The van der Waals surface area contributed by atoms with Crippen molar-refractivity contribution in [3.05, 3.63) is 34.6 Å². The zero-order chi connectivity index (χ0) is 13.8.